The lowest BCUT2D eigenvalue weighted by molar-refractivity contribution is 0.0323. The van der Waals surface area contributed by atoms with Gasteiger partial charge in [0.15, 0.2) is 5.75 Å². The number of aromatic nitrogens is 1. The molecule has 2 fully saturated rings. The molecule has 190 valence electrons. The highest BCUT2D eigenvalue weighted by molar-refractivity contribution is 7.22. The van der Waals surface area contributed by atoms with Gasteiger partial charge in [0, 0.05) is 51.7 Å². The highest BCUT2D eigenvalue weighted by Gasteiger charge is 2.32. The van der Waals surface area contributed by atoms with Crippen LogP contribution in [0.15, 0.2) is 29.1 Å². The van der Waals surface area contributed by atoms with E-state index in [2.05, 4.69) is 16.8 Å². The van der Waals surface area contributed by atoms with Crippen molar-refractivity contribution in [1.82, 2.24) is 19.3 Å². The maximum absolute atomic E-state index is 13.7. The lowest BCUT2D eigenvalue weighted by Gasteiger charge is -2.26. The largest absolute Gasteiger partial charge is 0.490 e. The summed E-state index contributed by atoms with van der Waals surface area (Å²) in [6, 6.07) is 8.00. The predicted octanol–water partition coefficient (Wildman–Crippen LogP) is 2.88. The molecule has 2 aliphatic heterocycles. The van der Waals surface area contributed by atoms with Gasteiger partial charge >= 0.3 is 0 Å². The number of amides is 1. The van der Waals surface area contributed by atoms with Gasteiger partial charge in [-0.15, -0.1) is 11.3 Å². The van der Waals surface area contributed by atoms with E-state index in [1.54, 1.807) is 11.6 Å². The molecule has 0 spiro atoms. The van der Waals surface area contributed by atoms with E-state index < -0.39 is 0 Å². The molecule has 0 radical (unpaired) electrons. The van der Waals surface area contributed by atoms with Gasteiger partial charge in [0.25, 0.3) is 11.5 Å². The number of ether oxygens (including phenoxy) is 2. The molecule has 1 aromatic carbocycles. The second kappa shape index (κ2) is 10.7. The average Bonchev–Trinajstić information content (AvgIpc) is 3.46. The molecule has 0 aliphatic carbocycles. The van der Waals surface area contributed by atoms with E-state index in [9.17, 15) is 9.59 Å². The van der Waals surface area contributed by atoms with Crippen molar-refractivity contribution in [3.63, 3.8) is 0 Å². The van der Waals surface area contributed by atoms with Crippen LogP contribution in [0.2, 0.25) is 0 Å². The maximum Gasteiger partial charge on any atom is 0.267 e. The summed E-state index contributed by atoms with van der Waals surface area (Å²) in [7, 11) is 5.72. The maximum atomic E-state index is 13.7. The van der Waals surface area contributed by atoms with E-state index in [0.29, 0.717) is 22.6 Å². The van der Waals surface area contributed by atoms with Crippen LogP contribution in [-0.4, -0.2) is 97.9 Å². The first kappa shape index (κ1) is 25.6. The Bertz CT molecular complexity index is 1260. The summed E-state index contributed by atoms with van der Waals surface area (Å²) in [4.78, 5) is 34.1. The number of rotatable bonds is 6. The molecular weight excluding hydrogens is 464 g/mol. The summed E-state index contributed by atoms with van der Waals surface area (Å²) < 4.78 is 14.2. The zero-order valence-corrected chi connectivity index (χ0v) is 20.9. The minimum Gasteiger partial charge on any atom is -0.490 e. The molecule has 0 bridgehead atoms. The highest BCUT2D eigenvalue weighted by atomic mass is 32.1. The van der Waals surface area contributed by atoms with E-state index >= 15 is 0 Å². The molecule has 3 aromatic rings. The fraction of sp³-hybridized carbons (Fsp3) is 0.538. The van der Waals surface area contributed by atoms with E-state index in [0.717, 1.165) is 68.0 Å². The van der Waals surface area contributed by atoms with Crippen molar-refractivity contribution in [2.75, 3.05) is 66.6 Å². The Morgan fingerprint density at radius 1 is 1.20 bits per heavy atom. The standard InChI is InChI=1S/C25H32N4O4S.CH4/c1-26-9-8-17(16-26)27(2)25(31)23-21(33-15-12-29-10-13-32-14-11-29)20-22(34-23)18-6-4-5-7-19(18)28(3)24(20)30;/h4-7,17H,8-16H2,1-3H3;1H4. The van der Waals surface area contributed by atoms with E-state index in [4.69, 9.17) is 9.47 Å². The Morgan fingerprint density at radius 2 is 1.94 bits per heavy atom. The van der Waals surface area contributed by atoms with Crippen molar-refractivity contribution in [3.05, 3.63) is 39.5 Å². The van der Waals surface area contributed by atoms with Crippen molar-refractivity contribution >= 4 is 38.2 Å². The predicted molar refractivity (Wildman–Crippen MR) is 142 cm³/mol. The van der Waals surface area contributed by atoms with Crippen LogP contribution in [0.25, 0.3) is 21.0 Å². The second-order valence-electron chi connectivity index (χ2n) is 9.27. The zero-order valence-electron chi connectivity index (χ0n) is 20.1. The number of benzene rings is 1. The summed E-state index contributed by atoms with van der Waals surface area (Å²) in [5.74, 6) is 0.358. The number of nitrogens with zero attached hydrogens (tertiary/aromatic N) is 4. The number of hydrogen-bond donors (Lipinski definition) is 0. The number of fused-ring (bicyclic) bond motifs is 3. The van der Waals surface area contributed by atoms with Gasteiger partial charge in [-0.25, -0.2) is 0 Å². The van der Waals surface area contributed by atoms with Gasteiger partial charge < -0.3 is 23.8 Å². The lowest BCUT2D eigenvalue weighted by atomic mass is 10.1. The smallest absolute Gasteiger partial charge is 0.267 e. The molecule has 2 aromatic heterocycles. The molecule has 8 nitrogen and oxygen atoms in total. The quantitative estimate of drug-likeness (QED) is 0.519. The highest BCUT2D eigenvalue weighted by Crippen LogP contribution is 2.40. The first-order valence-electron chi connectivity index (χ1n) is 11.9. The monoisotopic (exact) mass is 500 g/mol. The third kappa shape index (κ3) is 4.82. The Labute approximate surface area is 210 Å². The number of hydrogen-bond acceptors (Lipinski definition) is 7. The van der Waals surface area contributed by atoms with Crippen LogP contribution in [0.4, 0.5) is 0 Å². The number of likely N-dealkylation sites (tertiary alicyclic amines) is 1. The number of morpholine rings is 1. The molecule has 1 atom stereocenters. The van der Waals surface area contributed by atoms with Gasteiger partial charge in [0.05, 0.1) is 23.4 Å². The van der Waals surface area contributed by atoms with Gasteiger partial charge in [-0.1, -0.05) is 25.6 Å². The number of aryl methyl sites for hydroxylation is 1. The molecule has 2 saturated heterocycles. The van der Waals surface area contributed by atoms with Crippen molar-refractivity contribution in [3.8, 4) is 5.75 Å². The Morgan fingerprint density at radius 3 is 2.66 bits per heavy atom. The minimum absolute atomic E-state index is 0. The van der Waals surface area contributed by atoms with Crippen molar-refractivity contribution in [2.24, 2.45) is 7.05 Å². The van der Waals surface area contributed by atoms with Crippen LogP contribution in [0.5, 0.6) is 5.75 Å². The molecule has 4 heterocycles. The van der Waals surface area contributed by atoms with E-state index in [-0.39, 0.29) is 24.9 Å². The van der Waals surface area contributed by atoms with Gasteiger partial charge in [-0.05, 0) is 26.1 Å². The first-order valence-corrected chi connectivity index (χ1v) is 12.7. The molecule has 0 N–H and O–H groups in total. The Kier molecular flexibility index (Phi) is 7.80. The van der Waals surface area contributed by atoms with Crippen LogP contribution < -0.4 is 10.3 Å². The van der Waals surface area contributed by atoms with E-state index in [1.807, 2.05) is 36.2 Å². The third-order valence-electron chi connectivity index (χ3n) is 7.08. The van der Waals surface area contributed by atoms with Crippen molar-refractivity contribution in [2.45, 2.75) is 19.9 Å². The average molecular weight is 501 g/mol. The molecule has 2 aliphatic rings. The molecule has 35 heavy (non-hydrogen) atoms. The number of thiophene rings is 1. The summed E-state index contributed by atoms with van der Waals surface area (Å²) in [6.45, 7) is 6.14. The zero-order chi connectivity index (χ0) is 23.8. The van der Waals surface area contributed by atoms with Crippen LogP contribution in [0.1, 0.15) is 23.5 Å². The molecule has 1 amide bonds. The summed E-state index contributed by atoms with van der Waals surface area (Å²) >= 11 is 1.38. The Balaban J connectivity index is 0.00000289. The first-order chi connectivity index (χ1) is 16.5. The summed E-state index contributed by atoms with van der Waals surface area (Å²) in [6.07, 6.45) is 0.946. The molecule has 1 unspecified atom stereocenters. The van der Waals surface area contributed by atoms with Gasteiger partial charge in [-0.3, -0.25) is 14.5 Å². The van der Waals surface area contributed by atoms with Crippen molar-refractivity contribution in [1.29, 1.82) is 0 Å². The third-order valence-corrected chi connectivity index (χ3v) is 8.27. The lowest BCUT2D eigenvalue weighted by Crippen LogP contribution is -2.39. The number of carbonyl (C=O) groups is 1. The normalized spacial score (nSPS) is 19.2. The van der Waals surface area contributed by atoms with Gasteiger partial charge in [0.1, 0.15) is 16.9 Å². The molecule has 0 saturated carbocycles. The van der Waals surface area contributed by atoms with Crippen LogP contribution in [0.3, 0.4) is 0 Å². The number of carbonyl (C=O) groups excluding carboxylic acids is 1. The van der Waals surface area contributed by atoms with Crippen LogP contribution in [0, 0.1) is 0 Å². The summed E-state index contributed by atoms with van der Waals surface area (Å²) in [5, 5.41) is 1.47. The SMILES string of the molecule is C.CN1CCC(N(C)C(=O)c2sc3c(c2OCCN2CCOCC2)c(=O)n(C)c2ccccc32)C1. The number of pyridine rings is 1. The van der Waals surface area contributed by atoms with E-state index in [1.165, 1.54) is 11.3 Å². The summed E-state index contributed by atoms with van der Waals surface area (Å²) in [5.41, 5.74) is 0.722. The molecule has 9 heteroatoms. The number of para-hydroxylation sites is 1. The van der Waals surface area contributed by atoms with Gasteiger partial charge in [-0.2, -0.15) is 0 Å². The molecule has 5 rings (SSSR count). The minimum atomic E-state index is -0.131. The second-order valence-corrected chi connectivity index (χ2v) is 10.3. The molecular formula is C26H36N4O4S. The Hall–Kier alpha value is -2.46. The van der Waals surface area contributed by atoms with Gasteiger partial charge in [0.2, 0.25) is 0 Å². The van der Waals surface area contributed by atoms with Crippen molar-refractivity contribution < 1.29 is 14.3 Å². The van der Waals surface area contributed by atoms with Crippen LogP contribution in [-0.2, 0) is 11.8 Å². The fourth-order valence-electron chi connectivity index (χ4n) is 4.97. The fourth-order valence-corrected chi connectivity index (χ4v) is 6.22. The van der Waals surface area contributed by atoms with Crippen LogP contribution >= 0.6 is 11.3 Å². The number of likely N-dealkylation sites (N-methyl/N-ethyl adjacent to an activating group) is 2. The topological polar surface area (TPSA) is 67.2 Å².